The maximum Gasteiger partial charge on any atom is 0.165 e. The molecule has 0 saturated heterocycles. The highest BCUT2D eigenvalue weighted by atomic mass is 35.5. The van der Waals surface area contributed by atoms with Crippen LogP contribution in [0.15, 0.2) is 66.7 Å². The van der Waals surface area contributed by atoms with Crippen LogP contribution in [0.5, 0.6) is 17.2 Å². The second-order valence-corrected chi connectivity index (χ2v) is 8.20. The number of benzene rings is 3. The quantitative estimate of drug-likeness (QED) is 0.306. The van der Waals surface area contributed by atoms with Gasteiger partial charge >= 0.3 is 0 Å². The zero-order valence-corrected chi connectivity index (χ0v) is 19.6. The van der Waals surface area contributed by atoms with Crippen molar-refractivity contribution in [2.45, 2.75) is 19.3 Å². The summed E-state index contributed by atoms with van der Waals surface area (Å²) in [6, 6.07) is 20.1. The Bertz CT molecular complexity index is 983. The Labute approximate surface area is 203 Å². The summed E-state index contributed by atoms with van der Waals surface area (Å²) in [7, 11) is 0. The molecule has 176 valence electrons. The minimum absolute atomic E-state index is 0.0133. The monoisotopic (exact) mass is 491 g/mol. The SMILES string of the molecule is OCCNC[C@@H](O)COc1ccc(OCc2ccc(Cl)cc2)c(OCc2ccc(Cl)cc2)c1. The molecule has 0 spiro atoms. The van der Waals surface area contributed by atoms with E-state index in [1.807, 2.05) is 48.5 Å². The first kappa shape index (κ1) is 25.1. The third-order valence-electron chi connectivity index (χ3n) is 4.64. The number of hydrogen-bond donors (Lipinski definition) is 3. The van der Waals surface area contributed by atoms with Crippen LogP contribution in [-0.2, 0) is 13.2 Å². The summed E-state index contributed by atoms with van der Waals surface area (Å²) in [5, 5.41) is 23.1. The fourth-order valence-electron chi connectivity index (χ4n) is 2.89. The molecule has 0 heterocycles. The molecule has 0 saturated carbocycles. The first-order chi connectivity index (χ1) is 16.0. The van der Waals surface area contributed by atoms with Gasteiger partial charge in [0.25, 0.3) is 0 Å². The number of hydrogen-bond acceptors (Lipinski definition) is 6. The minimum atomic E-state index is -0.712. The van der Waals surface area contributed by atoms with E-state index >= 15 is 0 Å². The molecule has 8 heteroatoms. The van der Waals surface area contributed by atoms with E-state index in [0.29, 0.717) is 53.6 Å². The summed E-state index contributed by atoms with van der Waals surface area (Å²) < 4.78 is 17.7. The van der Waals surface area contributed by atoms with Gasteiger partial charge in [-0.1, -0.05) is 47.5 Å². The standard InChI is InChI=1S/C25H27Cl2NO5/c26-20-5-1-18(2-6-20)15-32-24-10-9-23(31-17-22(30)14-28-11-12-29)13-25(24)33-16-19-3-7-21(27)8-4-19/h1-10,13,22,28-30H,11-12,14-17H2/t22-/m1/s1. The first-order valence-electron chi connectivity index (χ1n) is 10.5. The average Bonchev–Trinajstić information content (AvgIpc) is 2.83. The predicted molar refractivity (Wildman–Crippen MR) is 129 cm³/mol. The van der Waals surface area contributed by atoms with Crippen LogP contribution >= 0.6 is 23.2 Å². The van der Waals surface area contributed by atoms with Crippen LogP contribution in [-0.4, -0.2) is 42.6 Å². The van der Waals surface area contributed by atoms with E-state index in [4.69, 9.17) is 42.5 Å². The molecule has 3 aromatic rings. The van der Waals surface area contributed by atoms with Crippen molar-refractivity contribution in [1.29, 1.82) is 0 Å². The maximum absolute atomic E-state index is 10.0. The van der Waals surface area contributed by atoms with E-state index in [-0.39, 0.29) is 13.2 Å². The third-order valence-corrected chi connectivity index (χ3v) is 5.15. The van der Waals surface area contributed by atoms with Gasteiger partial charge in [0.05, 0.1) is 6.61 Å². The van der Waals surface area contributed by atoms with Crippen LogP contribution in [0.2, 0.25) is 10.0 Å². The molecular formula is C25H27Cl2NO5. The second-order valence-electron chi connectivity index (χ2n) is 7.33. The molecule has 0 aliphatic rings. The van der Waals surface area contributed by atoms with Crippen molar-refractivity contribution >= 4 is 23.2 Å². The van der Waals surface area contributed by atoms with Crippen LogP contribution in [0.3, 0.4) is 0 Å². The lowest BCUT2D eigenvalue weighted by atomic mass is 10.2. The van der Waals surface area contributed by atoms with Crippen molar-refractivity contribution in [3.63, 3.8) is 0 Å². The molecule has 3 aromatic carbocycles. The predicted octanol–water partition coefficient (Wildman–Crippen LogP) is 4.47. The Morgan fingerprint density at radius 1 is 0.758 bits per heavy atom. The third kappa shape index (κ3) is 8.76. The smallest absolute Gasteiger partial charge is 0.165 e. The van der Waals surface area contributed by atoms with Gasteiger partial charge in [-0.15, -0.1) is 0 Å². The van der Waals surface area contributed by atoms with Gasteiger partial charge in [0.2, 0.25) is 0 Å². The zero-order chi connectivity index (χ0) is 23.5. The Morgan fingerprint density at radius 3 is 1.91 bits per heavy atom. The van der Waals surface area contributed by atoms with E-state index in [1.165, 1.54) is 0 Å². The lowest BCUT2D eigenvalue weighted by Gasteiger charge is -2.16. The van der Waals surface area contributed by atoms with E-state index < -0.39 is 6.10 Å². The number of rotatable bonds is 13. The Balaban J connectivity index is 1.67. The molecule has 3 N–H and O–H groups in total. The molecule has 0 radical (unpaired) electrons. The summed E-state index contributed by atoms with van der Waals surface area (Å²) in [5.41, 5.74) is 1.93. The van der Waals surface area contributed by atoms with Gasteiger partial charge in [0.15, 0.2) is 11.5 Å². The van der Waals surface area contributed by atoms with Crippen LogP contribution in [0.25, 0.3) is 0 Å². The van der Waals surface area contributed by atoms with Crippen LogP contribution in [0.4, 0.5) is 0 Å². The highest BCUT2D eigenvalue weighted by Gasteiger charge is 2.11. The molecule has 0 fully saturated rings. The number of aliphatic hydroxyl groups is 2. The van der Waals surface area contributed by atoms with Gasteiger partial charge in [-0.05, 0) is 47.5 Å². The van der Waals surface area contributed by atoms with Crippen molar-refractivity contribution in [2.24, 2.45) is 0 Å². The minimum Gasteiger partial charge on any atom is -0.491 e. The molecule has 3 rings (SSSR count). The molecular weight excluding hydrogens is 465 g/mol. The highest BCUT2D eigenvalue weighted by molar-refractivity contribution is 6.30. The summed E-state index contributed by atoms with van der Waals surface area (Å²) in [6.45, 7) is 1.52. The van der Waals surface area contributed by atoms with Gasteiger partial charge < -0.3 is 29.7 Å². The number of ether oxygens (including phenoxy) is 3. The molecule has 0 unspecified atom stereocenters. The van der Waals surface area contributed by atoms with Crippen molar-refractivity contribution in [3.05, 3.63) is 87.9 Å². The zero-order valence-electron chi connectivity index (χ0n) is 18.0. The van der Waals surface area contributed by atoms with Crippen molar-refractivity contribution in [1.82, 2.24) is 5.32 Å². The molecule has 33 heavy (non-hydrogen) atoms. The normalized spacial score (nSPS) is 11.8. The van der Waals surface area contributed by atoms with Crippen LogP contribution in [0, 0.1) is 0 Å². The largest absolute Gasteiger partial charge is 0.491 e. The summed E-state index contributed by atoms with van der Waals surface area (Å²) >= 11 is 11.9. The maximum atomic E-state index is 10.0. The Morgan fingerprint density at radius 2 is 1.33 bits per heavy atom. The molecule has 0 aliphatic carbocycles. The van der Waals surface area contributed by atoms with Crippen LogP contribution < -0.4 is 19.5 Å². The van der Waals surface area contributed by atoms with Crippen molar-refractivity contribution in [2.75, 3.05) is 26.3 Å². The lowest BCUT2D eigenvalue weighted by Crippen LogP contribution is -2.32. The van der Waals surface area contributed by atoms with Crippen LogP contribution in [0.1, 0.15) is 11.1 Å². The molecule has 0 amide bonds. The van der Waals surface area contributed by atoms with E-state index in [0.717, 1.165) is 11.1 Å². The van der Waals surface area contributed by atoms with Crippen molar-refractivity contribution in [3.8, 4) is 17.2 Å². The fourth-order valence-corrected chi connectivity index (χ4v) is 3.14. The average molecular weight is 492 g/mol. The molecule has 0 aromatic heterocycles. The number of aliphatic hydroxyl groups excluding tert-OH is 2. The summed E-state index contributed by atoms with van der Waals surface area (Å²) in [6.07, 6.45) is -0.712. The van der Waals surface area contributed by atoms with Gasteiger partial charge in [-0.3, -0.25) is 0 Å². The summed E-state index contributed by atoms with van der Waals surface area (Å²) in [5.74, 6) is 1.63. The lowest BCUT2D eigenvalue weighted by molar-refractivity contribution is 0.105. The fraction of sp³-hybridized carbons (Fsp3) is 0.280. The summed E-state index contributed by atoms with van der Waals surface area (Å²) in [4.78, 5) is 0. The van der Waals surface area contributed by atoms with Gasteiger partial charge in [-0.25, -0.2) is 0 Å². The highest BCUT2D eigenvalue weighted by Crippen LogP contribution is 2.33. The molecule has 0 bridgehead atoms. The Hall–Kier alpha value is -2.48. The van der Waals surface area contributed by atoms with E-state index in [9.17, 15) is 5.11 Å². The molecule has 0 aliphatic heterocycles. The second kappa shape index (κ2) is 13.3. The van der Waals surface area contributed by atoms with E-state index in [1.54, 1.807) is 18.2 Å². The van der Waals surface area contributed by atoms with E-state index in [2.05, 4.69) is 5.32 Å². The molecule has 1 atom stereocenters. The first-order valence-corrected chi connectivity index (χ1v) is 11.3. The van der Waals surface area contributed by atoms with Gasteiger partial charge in [-0.2, -0.15) is 0 Å². The number of halogens is 2. The van der Waals surface area contributed by atoms with Gasteiger partial charge in [0, 0.05) is 29.2 Å². The number of nitrogens with one attached hydrogen (secondary N) is 1. The van der Waals surface area contributed by atoms with Crippen molar-refractivity contribution < 1.29 is 24.4 Å². The molecule has 6 nitrogen and oxygen atoms in total. The van der Waals surface area contributed by atoms with Gasteiger partial charge in [0.1, 0.15) is 31.7 Å². The Kier molecular flexibility index (Phi) is 10.1. The topological polar surface area (TPSA) is 80.2 Å².